The lowest BCUT2D eigenvalue weighted by molar-refractivity contribution is -0.167. The van der Waals surface area contributed by atoms with Crippen LogP contribution in [0.4, 0.5) is 0 Å². The van der Waals surface area contributed by atoms with Gasteiger partial charge in [-0.05, 0) is 18.2 Å². The van der Waals surface area contributed by atoms with Crippen molar-refractivity contribution in [1.82, 2.24) is 4.57 Å². The number of esters is 2. The molecule has 0 fully saturated rings. The molecule has 120 valence electrons. The molecule has 1 atom stereocenters. The Morgan fingerprint density at radius 2 is 2.00 bits per heavy atom. The Balaban J connectivity index is 2.18. The molecule has 1 aromatic heterocycles. The number of benzene rings is 1. The van der Waals surface area contributed by atoms with Crippen molar-refractivity contribution in [3.8, 4) is 0 Å². The number of halogens is 1. The van der Waals surface area contributed by atoms with Gasteiger partial charge in [0.2, 0.25) is 6.10 Å². The summed E-state index contributed by atoms with van der Waals surface area (Å²) in [5.74, 6) is -1.48. The van der Waals surface area contributed by atoms with Gasteiger partial charge >= 0.3 is 11.9 Å². The smallest absolute Gasteiger partial charge is 0.351 e. The van der Waals surface area contributed by atoms with Gasteiger partial charge in [-0.3, -0.25) is 9.59 Å². The van der Waals surface area contributed by atoms with E-state index < -0.39 is 18.0 Å². The van der Waals surface area contributed by atoms with Crippen LogP contribution in [0, 0.1) is 0 Å². The van der Waals surface area contributed by atoms with Gasteiger partial charge in [0.1, 0.15) is 6.54 Å². The van der Waals surface area contributed by atoms with Crippen molar-refractivity contribution in [2.75, 3.05) is 7.11 Å². The molecule has 0 spiro atoms. The Bertz CT molecular complexity index is 771. The quantitative estimate of drug-likeness (QED) is 0.781. The van der Waals surface area contributed by atoms with Gasteiger partial charge in [-0.15, -0.1) is 0 Å². The van der Waals surface area contributed by atoms with E-state index in [1.54, 1.807) is 30.3 Å². The van der Waals surface area contributed by atoms with Crippen molar-refractivity contribution < 1.29 is 19.1 Å². The van der Waals surface area contributed by atoms with Crippen LogP contribution in [0.1, 0.15) is 11.7 Å². The highest BCUT2D eigenvalue weighted by atomic mass is 35.5. The maximum absolute atomic E-state index is 12.0. The summed E-state index contributed by atoms with van der Waals surface area (Å²) in [6.45, 7) is -0.312. The largest absolute Gasteiger partial charge is 0.466 e. The van der Waals surface area contributed by atoms with Crippen LogP contribution in [0.25, 0.3) is 0 Å². The monoisotopic (exact) mass is 335 g/mol. The van der Waals surface area contributed by atoms with Gasteiger partial charge in [0, 0.05) is 22.8 Å². The molecule has 0 aliphatic heterocycles. The van der Waals surface area contributed by atoms with Gasteiger partial charge in [-0.25, -0.2) is 4.79 Å². The van der Waals surface area contributed by atoms with Crippen LogP contribution < -0.4 is 5.56 Å². The fourth-order valence-electron chi connectivity index (χ4n) is 1.93. The van der Waals surface area contributed by atoms with Crippen molar-refractivity contribution in [1.29, 1.82) is 0 Å². The predicted molar refractivity (Wildman–Crippen MR) is 83.0 cm³/mol. The molecule has 0 bridgehead atoms. The number of nitrogens with zero attached hydrogens (tertiary/aromatic N) is 1. The third-order valence-electron chi connectivity index (χ3n) is 3.01. The molecule has 0 aliphatic carbocycles. The molecule has 2 aromatic rings. The van der Waals surface area contributed by atoms with Crippen LogP contribution in [-0.2, 0) is 25.6 Å². The minimum atomic E-state index is -1.24. The second kappa shape index (κ2) is 7.60. The van der Waals surface area contributed by atoms with Crippen LogP contribution in [0.5, 0.6) is 0 Å². The number of rotatable bonds is 5. The highest BCUT2D eigenvalue weighted by Gasteiger charge is 2.26. The summed E-state index contributed by atoms with van der Waals surface area (Å²) >= 11 is 5.89. The fraction of sp³-hybridized carbons (Fsp3) is 0.188. The number of pyridine rings is 1. The van der Waals surface area contributed by atoms with E-state index in [2.05, 4.69) is 4.74 Å². The minimum Gasteiger partial charge on any atom is -0.466 e. The number of carbonyl (C=O) groups is 2. The standard InChI is InChI=1S/C16H14ClNO5/c1-22-16(21)15(11-5-4-6-12(17)9-11)23-14(20)10-18-8-3-2-7-13(18)19/h2-9,15H,10H2,1H3. The predicted octanol–water partition coefficient (Wildman–Crippen LogP) is 1.96. The molecule has 0 N–H and O–H groups in total. The van der Waals surface area contributed by atoms with Crippen molar-refractivity contribution in [3.63, 3.8) is 0 Å². The molecule has 6 nitrogen and oxygen atoms in total. The highest BCUT2D eigenvalue weighted by Crippen LogP contribution is 2.22. The second-order valence-electron chi connectivity index (χ2n) is 4.61. The maximum atomic E-state index is 12.0. The number of hydrogen-bond acceptors (Lipinski definition) is 5. The van der Waals surface area contributed by atoms with Crippen LogP contribution in [0.3, 0.4) is 0 Å². The van der Waals surface area contributed by atoms with E-state index in [4.69, 9.17) is 16.3 Å². The summed E-state index contributed by atoms with van der Waals surface area (Å²) < 4.78 is 11.0. The van der Waals surface area contributed by atoms with E-state index in [1.165, 1.54) is 30.0 Å². The van der Waals surface area contributed by atoms with Gasteiger partial charge in [-0.1, -0.05) is 29.8 Å². The first kappa shape index (κ1) is 16.8. The van der Waals surface area contributed by atoms with Crippen LogP contribution in [-0.4, -0.2) is 23.6 Å². The van der Waals surface area contributed by atoms with E-state index >= 15 is 0 Å². The summed E-state index contributed by atoms with van der Waals surface area (Å²) in [5.41, 5.74) is 0.0416. The number of carbonyl (C=O) groups excluding carboxylic acids is 2. The Hall–Kier alpha value is -2.60. The molecule has 0 aliphatic rings. The maximum Gasteiger partial charge on any atom is 0.351 e. The van der Waals surface area contributed by atoms with E-state index in [1.807, 2.05) is 0 Å². The van der Waals surface area contributed by atoms with Crippen molar-refractivity contribution in [2.24, 2.45) is 0 Å². The zero-order chi connectivity index (χ0) is 16.8. The van der Waals surface area contributed by atoms with Crippen molar-refractivity contribution >= 4 is 23.5 Å². The van der Waals surface area contributed by atoms with E-state index in [0.29, 0.717) is 10.6 Å². The third-order valence-corrected chi connectivity index (χ3v) is 3.25. The van der Waals surface area contributed by atoms with Gasteiger partial charge in [-0.2, -0.15) is 0 Å². The van der Waals surface area contributed by atoms with E-state index in [-0.39, 0.29) is 12.1 Å². The summed E-state index contributed by atoms with van der Waals surface area (Å²) in [6.07, 6.45) is 0.210. The zero-order valence-corrected chi connectivity index (χ0v) is 13.0. The molecule has 0 saturated carbocycles. The molecule has 1 unspecified atom stereocenters. The average molecular weight is 336 g/mol. The van der Waals surface area contributed by atoms with Gasteiger partial charge in [0.05, 0.1) is 7.11 Å². The van der Waals surface area contributed by atoms with Gasteiger partial charge in [0.25, 0.3) is 5.56 Å². The van der Waals surface area contributed by atoms with E-state index in [9.17, 15) is 14.4 Å². The lowest BCUT2D eigenvalue weighted by Crippen LogP contribution is -2.27. The number of methoxy groups -OCH3 is 1. The Morgan fingerprint density at radius 3 is 2.65 bits per heavy atom. The van der Waals surface area contributed by atoms with Crippen LogP contribution in [0.15, 0.2) is 53.5 Å². The molecular formula is C16H14ClNO5. The molecule has 0 amide bonds. The van der Waals surface area contributed by atoms with E-state index in [0.717, 1.165) is 0 Å². The van der Waals surface area contributed by atoms with Gasteiger partial charge < -0.3 is 14.0 Å². The number of ether oxygens (including phenoxy) is 2. The summed E-state index contributed by atoms with van der Waals surface area (Å²) in [6, 6.07) is 10.9. The first-order chi connectivity index (χ1) is 11.0. The third kappa shape index (κ3) is 4.43. The number of hydrogen-bond donors (Lipinski definition) is 0. The molecule has 0 saturated heterocycles. The summed E-state index contributed by atoms with van der Waals surface area (Å²) in [5, 5.41) is 0.395. The molecule has 23 heavy (non-hydrogen) atoms. The topological polar surface area (TPSA) is 74.6 Å². The van der Waals surface area contributed by atoms with Gasteiger partial charge in [0.15, 0.2) is 0 Å². The second-order valence-corrected chi connectivity index (χ2v) is 5.05. The SMILES string of the molecule is COC(=O)C(OC(=O)Cn1ccccc1=O)c1cccc(Cl)c1. The molecular weight excluding hydrogens is 322 g/mol. The minimum absolute atomic E-state index is 0.312. The van der Waals surface area contributed by atoms with Crippen LogP contribution >= 0.6 is 11.6 Å². The van der Waals surface area contributed by atoms with Crippen molar-refractivity contribution in [2.45, 2.75) is 12.6 Å². The van der Waals surface area contributed by atoms with Crippen molar-refractivity contribution in [3.05, 3.63) is 69.6 Å². The lowest BCUT2D eigenvalue weighted by Gasteiger charge is -2.16. The zero-order valence-electron chi connectivity index (χ0n) is 12.3. The first-order valence-electron chi connectivity index (χ1n) is 6.69. The first-order valence-corrected chi connectivity index (χ1v) is 7.07. The summed E-state index contributed by atoms with van der Waals surface area (Å²) in [7, 11) is 1.19. The molecule has 0 radical (unpaired) electrons. The number of aromatic nitrogens is 1. The lowest BCUT2D eigenvalue weighted by atomic mass is 10.1. The molecule has 1 heterocycles. The fourth-order valence-corrected chi connectivity index (χ4v) is 2.13. The Labute approximate surface area is 137 Å². The Morgan fingerprint density at radius 1 is 1.22 bits per heavy atom. The molecule has 7 heteroatoms. The molecule has 1 aromatic carbocycles. The van der Waals surface area contributed by atoms with Crippen LogP contribution in [0.2, 0.25) is 5.02 Å². The molecule has 2 rings (SSSR count). The normalized spacial score (nSPS) is 11.6. The highest BCUT2D eigenvalue weighted by molar-refractivity contribution is 6.30. The Kier molecular flexibility index (Phi) is 5.54. The average Bonchev–Trinajstić information content (AvgIpc) is 2.54. The summed E-state index contributed by atoms with van der Waals surface area (Å²) in [4.78, 5) is 35.5.